The fourth-order valence-corrected chi connectivity index (χ4v) is 1.43. The van der Waals surface area contributed by atoms with E-state index in [1.807, 2.05) is 0 Å². The lowest BCUT2D eigenvalue weighted by Gasteiger charge is -2.24. The van der Waals surface area contributed by atoms with Crippen LogP contribution in [0.5, 0.6) is 0 Å². The molecule has 0 spiro atoms. The Morgan fingerprint density at radius 3 is 2.40 bits per heavy atom. The average Bonchev–Trinajstić information content (AvgIpc) is 2.43. The molecule has 0 aromatic carbocycles. The Balaban J connectivity index is 2.50. The second-order valence-corrected chi connectivity index (χ2v) is 4.68. The number of hydrogen-bond acceptors (Lipinski definition) is 3. The number of alkyl halides is 1. The van der Waals surface area contributed by atoms with Gasteiger partial charge in [-0.05, 0) is 20.8 Å². The van der Waals surface area contributed by atoms with E-state index in [0.29, 0.717) is 0 Å². The summed E-state index contributed by atoms with van der Waals surface area (Å²) >= 11 is 0. The van der Waals surface area contributed by atoms with E-state index >= 15 is 0 Å². The smallest absolute Gasteiger partial charge is 0.410 e. The summed E-state index contributed by atoms with van der Waals surface area (Å²) in [6.07, 6.45) is -2.13. The molecule has 2 atom stereocenters. The van der Waals surface area contributed by atoms with Gasteiger partial charge in [0.05, 0.1) is 13.1 Å². The van der Waals surface area contributed by atoms with E-state index in [-0.39, 0.29) is 13.1 Å². The first-order chi connectivity index (χ1) is 6.83. The number of rotatable bonds is 1. The molecule has 1 fully saturated rings. The number of nitrogens with zero attached hydrogens (tertiary/aromatic N) is 1. The van der Waals surface area contributed by atoms with Crippen LogP contribution in [0.4, 0.5) is 9.18 Å². The summed E-state index contributed by atoms with van der Waals surface area (Å²) < 4.78 is 23.3. The normalized spacial score (nSPS) is 26.9. The predicted molar refractivity (Wildman–Crippen MR) is 53.5 cm³/mol. The molecule has 1 amide bonds. The third-order valence-electron chi connectivity index (χ3n) is 2.15. The molecule has 5 heteroatoms. The topological polar surface area (TPSA) is 38.8 Å². The maximum absolute atomic E-state index is 13.3. The number of ether oxygens (including phenoxy) is 2. The minimum atomic E-state index is -1.12. The van der Waals surface area contributed by atoms with Gasteiger partial charge in [0.1, 0.15) is 17.9 Å². The highest BCUT2D eigenvalue weighted by Crippen LogP contribution is 2.19. The van der Waals surface area contributed by atoms with Crippen molar-refractivity contribution in [1.82, 2.24) is 4.90 Å². The Kier molecular flexibility index (Phi) is 3.54. The van der Waals surface area contributed by atoms with E-state index in [2.05, 4.69) is 0 Å². The van der Waals surface area contributed by atoms with Gasteiger partial charge in [0.2, 0.25) is 0 Å². The highest BCUT2D eigenvalue weighted by molar-refractivity contribution is 5.68. The lowest BCUT2D eigenvalue weighted by Crippen LogP contribution is -2.36. The van der Waals surface area contributed by atoms with Gasteiger partial charge in [-0.15, -0.1) is 0 Å². The maximum atomic E-state index is 13.3. The van der Waals surface area contributed by atoms with Crippen LogP contribution in [-0.2, 0) is 9.47 Å². The van der Waals surface area contributed by atoms with E-state index in [9.17, 15) is 9.18 Å². The van der Waals surface area contributed by atoms with Gasteiger partial charge in [-0.1, -0.05) is 0 Å². The van der Waals surface area contributed by atoms with Crippen molar-refractivity contribution in [3.63, 3.8) is 0 Å². The fraction of sp³-hybridized carbons (Fsp3) is 0.900. The largest absolute Gasteiger partial charge is 0.444 e. The predicted octanol–water partition coefficient (Wildman–Crippen LogP) is 1.59. The molecule has 0 aromatic heterocycles. The minimum Gasteiger partial charge on any atom is -0.444 e. The third-order valence-corrected chi connectivity index (χ3v) is 2.15. The zero-order valence-electron chi connectivity index (χ0n) is 9.62. The van der Waals surface area contributed by atoms with E-state index in [0.717, 1.165) is 0 Å². The minimum absolute atomic E-state index is 0.0490. The first-order valence-electron chi connectivity index (χ1n) is 4.98. The molecule has 0 aliphatic carbocycles. The Hall–Kier alpha value is -0.840. The molecule has 1 aliphatic heterocycles. The Bertz CT molecular complexity index is 239. The fourth-order valence-electron chi connectivity index (χ4n) is 1.43. The van der Waals surface area contributed by atoms with Crippen molar-refractivity contribution < 1.29 is 18.7 Å². The number of methoxy groups -OCH3 is 1. The van der Waals surface area contributed by atoms with Crippen molar-refractivity contribution in [2.45, 2.75) is 38.6 Å². The lowest BCUT2D eigenvalue weighted by atomic mass is 10.2. The van der Waals surface area contributed by atoms with E-state index in [1.165, 1.54) is 12.0 Å². The SMILES string of the molecule is CO[C@@H]1CN(C(=O)OC(C)(C)C)C[C@@H]1F. The van der Waals surface area contributed by atoms with Crippen molar-refractivity contribution in [2.24, 2.45) is 0 Å². The molecular formula is C10H18FNO3. The van der Waals surface area contributed by atoms with Gasteiger partial charge in [0.15, 0.2) is 0 Å². The number of halogens is 1. The maximum Gasteiger partial charge on any atom is 0.410 e. The monoisotopic (exact) mass is 219 g/mol. The standard InChI is InChI=1S/C10H18FNO3/c1-10(2,3)15-9(13)12-5-7(11)8(6-12)14-4/h7-8H,5-6H2,1-4H3/t7-,8+/m0/s1. The molecule has 0 N–H and O–H groups in total. The van der Waals surface area contributed by atoms with Crippen molar-refractivity contribution in [1.29, 1.82) is 0 Å². The first kappa shape index (κ1) is 12.2. The molecule has 0 unspecified atom stereocenters. The van der Waals surface area contributed by atoms with E-state index in [1.54, 1.807) is 20.8 Å². The number of carbonyl (C=O) groups is 1. The first-order valence-corrected chi connectivity index (χ1v) is 4.98. The van der Waals surface area contributed by atoms with Crippen LogP contribution in [0.15, 0.2) is 0 Å². The van der Waals surface area contributed by atoms with Gasteiger partial charge in [-0.25, -0.2) is 9.18 Å². The molecular weight excluding hydrogens is 201 g/mol. The van der Waals surface area contributed by atoms with Crippen LogP contribution < -0.4 is 0 Å². The van der Waals surface area contributed by atoms with Crippen LogP contribution in [0, 0.1) is 0 Å². The molecule has 1 rings (SSSR count). The van der Waals surface area contributed by atoms with Gasteiger partial charge < -0.3 is 14.4 Å². The van der Waals surface area contributed by atoms with Crippen molar-refractivity contribution >= 4 is 6.09 Å². The molecule has 1 aliphatic rings. The summed E-state index contributed by atoms with van der Waals surface area (Å²) in [5, 5.41) is 0. The van der Waals surface area contributed by atoms with Crippen LogP contribution in [0.25, 0.3) is 0 Å². The van der Waals surface area contributed by atoms with Crippen LogP contribution in [0.2, 0.25) is 0 Å². The Labute approximate surface area is 89.3 Å². The lowest BCUT2D eigenvalue weighted by molar-refractivity contribution is 0.0250. The highest BCUT2D eigenvalue weighted by Gasteiger charge is 2.37. The van der Waals surface area contributed by atoms with Crippen LogP contribution in [0.3, 0.4) is 0 Å². The quantitative estimate of drug-likeness (QED) is 0.672. The van der Waals surface area contributed by atoms with Crippen molar-refractivity contribution in [2.75, 3.05) is 20.2 Å². The molecule has 0 bridgehead atoms. The molecule has 15 heavy (non-hydrogen) atoms. The summed E-state index contributed by atoms with van der Waals surface area (Å²) in [7, 11) is 1.44. The third kappa shape index (κ3) is 3.34. The van der Waals surface area contributed by atoms with Gasteiger partial charge >= 0.3 is 6.09 Å². The Morgan fingerprint density at radius 2 is 2.00 bits per heavy atom. The summed E-state index contributed by atoms with van der Waals surface area (Å²) in [6.45, 7) is 5.64. The Morgan fingerprint density at radius 1 is 1.40 bits per heavy atom. The van der Waals surface area contributed by atoms with E-state index < -0.39 is 24.0 Å². The van der Waals surface area contributed by atoms with E-state index in [4.69, 9.17) is 9.47 Å². The molecule has 0 aromatic rings. The van der Waals surface area contributed by atoms with Gasteiger partial charge in [0, 0.05) is 7.11 Å². The van der Waals surface area contributed by atoms with Crippen molar-refractivity contribution in [3.8, 4) is 0 Å². The molecule has 1 saturated heterocycles. The second-order valence-electron chi connectivity index (χ2n) is 4.68. The van der Waals surface area contributed by atoms with Crippen LogP contribution in [-0.4, -0.2) is 49.1 Å². The van der Waals surface area contributed by atoms with Crippen LogP contribution in [0.1, 0.15) is 20.8 Å². The molecule has 4 nitrogen and oxygen atoms in total. The molecule has 1 heterocycles. The van der Waals surface area contributed by atoms with Gasteiger partial charge in [-0.3, -0.25) is 0 Å². The van der Waals surface area contributed by atoms with Gasteiger partial charge in [0.25, 0.3) is 0 Å². The average molecular weight is 219 g/mol. The number of amides is 1. The summed E-state index contributed by atoms with van der Waals surface area (Å²) in [5.74, 6) is 0. The molecule has 0 radical (unpaired) electrons. The zero-order chi connectivity index (χ0) is 11.6. The zero-order valence-corrected chi connectivity index (χ0v) is 9.62. The number of likely N-dealkylation sites (tertiary alicyclic amines) is 1. The highest BCUT2D eigenvalue weighted by atomic mass is 19.1. The number of carbonyl (C=O) groups excluding carboxylic acids is 1. The molecule has 0 saturated carbocycles. The molecule has 88 valence electrons. The summed E-state index contributed by atoms with van der Waals surface area (Å²) in [5.41, 5.74) is -0.548. The van der Waals surface area contributed by atoms with Crippen LogP contribution >= 0.6 is 0 Å². The second kappa shape index (κ2) is 4.35. The van der Waals surface area contributed by atoms with Gasteiger partial charge in [-0.2, -0.15) is 0 Å². The number of hydrogen-bond donors (Lipinski definition) is 0. The summed E-state index contributed by atoms with van der Waals surface area (Å²) in [6, 6.07) is 0. The van der Waals surface area contributed by atoms with Crippen molar-refractivity contribution in [3.05, 3.63) is 0 Å². The summed E-state index contributed by atoms with van der Waals surface area (Å²) in [4.78, 5) is 12.9.